The summed E-state index contributed by atoms with van der Waals surface area (Å²) in [4.78, 5) is 25.5. The van der Waals surface area contributed by atoms with Crippen molar-refractivity contribution in [3.8, 4) is 0 Å². The Bertz CT molecular complexity index is 966. The second-order valence-corrected chi connectivity index (χ2v) is 18.7. The molecule has 0 aromatic carbocycles. The molecule has 0 aromatic rings. The zero-order valence-corrected chi connectivity index (χ0v) is 29.1. The molecule has 8 bridgehead atoms. The maximum absolute atomic E-state index is 12.8. The third-order valence-electron chi connectivity index (χ3n) is 14.7. The fourth-order valence-corrected chi connectivity index (χ4v) is 10.4. The molecule has 0 aromatic heterocycles. The molecule has 0 radical (unpaired) electrons. The topological polar surface area (TPSA) is 52.6 Å². The average Bonchev–Trinajstić information content (AvgIpc) is 2.86. The minimum atomic E-state index is -0.403. The van der Waals surface area contributed by atoms with E-state index in [1.807, 2.05) is 27.7 Å². The van der Waals surface area contributed by atoms with E-state index >= 15 is 0 Å². The van der Waals surface area contributed by atoms with Crippen molar-refractivity contribution in [2.45, 2.75) is 158 Å². The molecule has 4 heteroatoms. The predicted molar refractivity (Wildman–Crippen MR) is 170 cm³/mol. The first kappa shape index (κ1) is 32.3. The van der Waals surface area contributed by atoms with E-state index in [0.29, 0.717) is 23.7 Å². The van der Waals surface area contributed by atoms with Gasteiger partial charge in [0.15, 0.2) is 0 Å². The lowest BCUT2D eigenvalue weighted by molar-refractivity contribution is -0.213. The number of hydrogen-bond acceptors (Lipinski definition) is 4. The van der Waals surface area contributed by atoms with E-state index in [2.05, 4.69) is 48.5 Å². The molecule has 8 fully saturated rings. The van der Waals surface area contributed by atoms with E-state index in [9.17, 15) is 9.59 Å². The highest BCUT2D eigenvalue weighted by atomic mass is 16.6. The van der Waals surface area contributed by atoms with Gasteiger partial charge in [-0.15, -0.1) is 0 Å². The van der Waals surface area contributed by atoms with Crippen molar-refractivity contribution in [3.63, 3.8) is 0 Å². The second-order valence-electron chi connectivity index (χ2n) is 18.7. The number of ether oxygens (including phenoxy) is 2. The van der Waals surface area contributed by atoms with Crippen molar-refractivity contribution >= 4 is 11.9 Å². The van der Waals surface area contributed by atoms with E-state index in [1.165, 1.54) is 70.6 Å². The highest BCUT2D eigenvalue weighted by molar-refractivity contribution is 5.77. The van der Waals surface area contributed by atoms with Crippen molar-refractivity contribution in [1.29, 1.82) is 0 Å². The lowest BCUT2D eigenvalue weighted by atomic mass is 9.46. The molecule has 0 amide bonds. The summed E-state index contributed by atoms with van der Waals surface area (Å²) in [5.41, 5.74) is -1.05. The Kier molecular flexibility index (Phi) is 8.30. The Morgan fingerprint density at radius 2 is 0.952 bits per heavy atom. The first-order valence-corrected chi connectivity index (χ1v) is 17.8. The molecule has 0 spiro atoms. The van der Waals surface area contributed by atoms with Gasteiger partial charge in [0.05, 0.1) is 10.8 Å². The number of hydrogen-bond donors (Lipinski definition) is 0. The van der Waals surface area contributed by atoms with Crippen molar-refractivity contribution in [3.05, 3.63) is 0 Å². The highest BCUT2D eigenvalue weighted by Crippen LogP contribution is 2.64. The smallest absolute Gasteiger partial charge is 0.312 e. The standard InChI is InChI=1S/C20H34O2.C18H30O2/c1-13(2)18(3,4)17(21)22-19(5,6)20-10-14-7-15(11-20)9-16(8-14)12-20;1-11(2)17(3,4)16(19)20-18(5)14-7-12-6-13(9-14)10-15(18)8-12/h13-16H,7-12H2,1-6H3;11-15H,6-10H2,1-5H3. The van der Waals surface area contributed by atoms with Crippen LogP contribution in [0.25, 0.3) is 0 Å². The number of carbonyl (C=O) groups excluding carboxylic acids is 2. The molecule has 0 aliphatic heterocycles. The van der Waals surface area contributed by atoms with E-state index < -0.39 is 5.41 Å². The van der Waals surface area contributed by atoms with Gasteiger partial charge in [0, 0.05) is 5.41 Å². The fourth-order valence-electron chi connectivity index (χ4n) is 10.4. The molecule has 8 aliphatic rings. The number of esters is 2. The molecule has 0 saturated heterocycles. The first-order valence-electron chi connectivity index (χ1n) is 17.8. The molecule has 8 rings (SSSR count). The van der Waals surface area contributed by atoms with Crippen molar-refractivity contribution in [2.24, 2.45) is 69.5 Å². The molecule has 240 valence electrons. The van der Waals surface area contributed by atoms with Gasteiger partial charge in [-0.2, -0.15) is 0 Å². The Morgan fingerprint density at radius 3 is 1.33 bits per heavy atom. The maximum atomic E-state index is 12.8. The van der Waals surface area contributed by atoms with Crippen LogP contribution in [0.4, 0.5) is 0 Å². The van der Waals surface area contributed by atoms with Crippen LogP contribution >= 0.6 is 0 Å². The molecule has 4 nitrogen and oxygen atoms in total. The van der Waals surface area contributed by atoms with Crippen LogP contribution in [-0.2, 0) is 19.1 Å². The summed E-state index contributed by atoms with van der Waals surface area (Å²) in [7, 11) is 0. The van der Waals surface area contributed by atoms with E-state index in [1.54, 1.807) is 0 Å². The molecular formula is C38H64O4. The summed E-state index contributed by atoms with van der Waals surface area (Å²) < 4.78 is 12.4. The summed E-state index contributed by atoms with van der Waals surface area (Å²) in [5, 5.41) is 0. The molecular weight excluding hydrogens is 520 g/mol. The minimum absolute atomic E-state index is 0.0109. The Morgan fingerprint density at radius 1 is 0.595 bits per heavy atom. The normalized spacial score (nSPS) is 40.3. The predicted octanol–water partition coefficient (Wildman–Crippen LogP) is 9.63. The quantitative estimate of drug-likeness (QED) is 0.280. The van der Waals surface area contributed by atoms with Crippen LogP contribution < -0.4 is 0 Å². The van der Waals surface area contributed by atoms with Gasteiger partial charge in [0.1, 0.15) is 11.2 Å². The summed E-state index contributed by atoms with van der Waals surface area (Å²) in [6.45, 7) is 23.2. The van der Waals surface area contributed by atoms with Gasteiger partial charge in [-0.25, -0.2) is 0 Å². The van der Waals surface area contributed by atoms with Gasteiger partial charge in [0.2, 0.25) is 0 Å². The van der Waals surface area contributed by atoms with Crippen LogP contribution in [-0.4, -0.2) is 23.1 Å². The third-order valence-corrected chi connectivity index (χ3v) is 14.7. The van der Waals surface area contributed by atoms with Crippen molar-refractivity contribution in [2.75, 3.05) is 0 Å². The van der Waals surface area contributed by atoms with Crippen LogP contribution in [0.5, 0.6) is 0 Å². The highest BCUT2D eigenvalue weighted by Gasteiger charge is 2.60. The van der Waals surface area contributed by atoms with Gasteiger partial charge in [0.25, 0.3) is 0 Å². The van der Waals surface area contributed by atoms with Crippen LogP contribution in [0.2, 0.25) is 0 Å². The molecule has 42 heavy (non-hydrogen) atoms. The summed E-state index contributed by atoms with van der Waals surface area (Å²) in [6, 6.07) is 0. The Hall–Kier alpha value is -1.06. The number of carbonyl (C=O) groups is 2. The first-order chi connectivity index (χ1) is 19.3. The molecule has 8 aliphatic carbocycles. The van der Waals surface area contributed by atoms with E-state index in [0.717, 1.165) is 29.6 Å². The lowest BCUT2D eigenvalue weighted by Crippen LogP contribution is -2.59. The van der Waals surface area contributed by atoms with Gasteiger partial charge in [-0.1, -0.05) is 27.7 Å². The van der Waals surface area contributed by atoms with Crippen molar-refractivity contribution < 1.29 is 19.1 Å². The van der Waals surface area contributed by atoms with Crippen LogP contribution in [0.1, 0.15) is 147 Å². The summed E-state index contributed by atoms with van der Waals surface area (Å²) in [5.74, 6) is 6.36. The van der Waals surface area contributed by atoms with Crippen LogP contribution in [0.3, 0.4) is 0 Å². The summed E-state index contributed by atoms with van der Waals surface area (Å²) >= 11 is 0. The third kappa shape index (κ3) is 5.50. The van der Waals surface area contributed by atoms with Gasteiger partial charge in [-0.3, -0.25) is 9.59 Å². The Labute approximate surface area is 258 Å². The summed E-state index contributed by atoms with van der Waals surface area (Å²) in [6.07, 6.45) is 14.7. The molecule has 0 atom stereocenters. The molecule has 0 unspecified atom stereocenters. The van der Waals surface area contributed by atoms with Crippen LogP contribution in [0, 0.1) is 69.5 Å². The average molecular weight is 585 g/mol. The molecule has 0 heterocycles. The van der Waals surface area contributed by atoms with E-state index in [-0.39, 0.29) is 34.0 Å². The van der Waals surface area contributed by atoms with Gasteiger partial charge >= 0.3 is 11.9 Å². The molecule has 0 N–H and O–H groups in total. The van der Waals surface area contributed by atoms with Gasteiger partial charge < -0.3 is 9.47 Å². The van der Waals surface area contributed by atoms with E-state index in [4.69, 9.17) is 9.47 Å². The lowest BCUT2D eigenvalue weighted by Gasteiger charge is -2.61. The monoisotopic (exact) mass is 584 g/mol. The largest absolute Gasteiger partial charge is 0.459 e. The minimum Gasteiger partial charge on any atom is -0.459 e. The van der Waals surface area contributed by atoms with Gasteiger partial charge in [-0.05, 0) is 172 Å². The maximum Gasteiger partial charge on any atom is 0.312 e. The zero-order valence-electron chi connectivity index (χ0n) is 29.1. The molecule has 8 saturated carbocycles. The Balaban J connectivity index is 0.000000169. The second kappa shape index (κ2) is 10.8. The number of rotatable bonds is 7. The fraction of sp³-hybridized carbons (Fsp3) is 0.947. The van der Waals surface area contributed by atoms with Crippen LogP contribution in [0.15, 0.2) is 0 Å². The zero-order chi connectivity index (χ0) is 31.0. The SMILES string of the molecule is CC(C)C(C)(C)C(=O)OC(C)(C)C12CC3CC(CC(C3)C1)C2.CC(C)C(C)(C)C(=O)OC1(C)C2CC3CC(C2)CC1C3. The van der Waals surface area contributed by atoms with Crippen molar-refractivity contribution in [1.82, 2.24) is 0 Å².